The van der Waals surface area contributed by atoms with Crippen LogP contribution >= 0.6 is 11.6 Å². The van der Waals surface area contributed by atoms with Crippen molar-refractivity contribution in [3.63, 3.8) is 0 Å². The Bertz CT molecular complexity index is 1270. The number of nitrogens with zero attached hydrogens (tertiary/aromatic N) is 5. The van der Waals surface area contributed by atoms with Gasteiger partial charge in [-0.1, -0.05) is 30.7 Å². The van der Waals surface area contributed by atoms with E-state index in [9.17, 15) is 14.0 Å². The lowest BCUT2D eigenvalue weighted by Crippen LogP contribution is -2.58. The minimum atomic E-state index is -1.06. The van der Waals surface area contributed by atoms with Gasteiger partial charge in [-0.05, 0) is 77.5 Å². The second-order valence-corrected chi connectivity index (χ2v) is 13.4. The van der Waals surface area contributed by atoms with Crippen LogP contribution in [0.2, 0.25) is 5.02 Å². The van der Waals surface area contributed by atoms with Crippen LogP contribution in [0.1, 0.15) is 95.6 Å². The summed E-state index contributed by atoms with van der Waals surface area (Å²) in [4.78, 5) is 42.4. The summed E-state index contributed by atoms with van der Waals surface area (Å²) in [6, 6.07) is 7.13. The molecule has 222 valence electrons. The third-order valence-electron chi connectivity index (χ3n) is 8.48. The molecule has 3 aliphatic rings. The van der Waals surface area contributed by atoms with E-state index in [1.54, 1.807) is 17.0 Å². The van der Waals surface area contributed by atoms with E-state index in [2.05, 4.69) is 14.9 Å². The Morgan fingerprint density at radius 1 is 1.12 bits per heavy atom. The van der Waals surface area contributed by atoms with Crippen molar-refractivity contribution < 1.29 is 18.7 Å². The maximum Gasteiger partial charge on any atom is 0.410 e. The van der Waals surface area contributed by atoms with Crippen LogP contribution in [0.4, 0.5) is 15.0 Å². The van der Waals surface area contributed by atoms with E-state index in [4.69, 9.17) is 16.3 Å². The summed E-state index contributed by atoms with van der Waals surface area (Å²) in [6.07, 6.45) is 2.16. The first-order valence-corrected chi connectivity index (χ1v) is 15.0. The zero-order valence-electron chi connectivity index (χ0n) is 24.8. The first-order valence-electron chi connectivity index (χ1n) is 14.6. The average Bonchev–Trinajstić information content (AvgIpc) is 3.34. The zero-order chi connectivity index (χ0) is 29.6. The summed E-state index contributed by atoms with van der Waals surface area (Å²) in [5.74, 6) is 0.278. The molecule has 5 rings (SSSR count). The molecule has 2 amide bonds. The van der Waals surface area contributed by atoms with Crippen LogP contribution in [0.5, 0.6) is 0 Å². The molecule has 10 heteroatoms. The fourth-order valence-corrected chi connectivity index (χ4v) is 6.69. The van der Waals surface area contributed by atoms with Gasteiger partial charge >= 0.3 is 6.09 Å². The number of alkyl halides is 1. The number of piperazine rings is 1. The molecule has 41 heavy (non-hydrogen) atoms. The van der Waals surface area contributed by atoms with Gasteiger partial charge in [0, 0.05) is 48.3 Å². The van der Waals surface area contributed by atoms with E-state index >= 15 is 0 Å². The van der Waals surface area contributed by atoms with Crippen molar-refractivity contribution in [2.45, 2.75) is 103 Å². The van der Waals surface area contributed by atoms with Gasteiger partial charge < -0.3 is 19.4 Å². The molecule has 2 unspecified atom stereocenters. The number of aromatic nitrogens is 2. The summed E-state index contributed by atoms with van der Waals surface area (Å²) in [5.41, 5.74) is 1.57. The highest BCUT2D eigenvalue weighted by molar-refractivity contribution is 6.30. The minimum absolute atomic E-state index is 0.00112. The van der Waals surface area contributed by atoms with Gasteiger partial charge in [0.2, 0.25) is 5.91 Å². The number of hydrogen-bond donors (Lipinski definition) is 0. The van der Waals surface area contributed by atoms with E-state index < -0.39 is 23.8 Å². The first-order chi connectivity index (χ1) is 19.3. The molecule has 3 heterocycles. The van der Waals surface area contributed by atoms with Gasteiger partial charge in [-0.2, -0.15) is 0 Å². The number of rotatable bonds is 6. The van der Waals surface area contributed by atoms with E-state index in [1.165, 1.54) is 6.33 Å². The molecule has 0 radical (unpaired) electrons. The van der Waals surface area contributed by atoms with E-state index in [0.717, 1.165) is 29.8 Å². The molecular formula is C31H41ClFN5O3. The number of ether oxygens (including phenoxy) is 1. The molecule has 2 aliphatic heterocycles. The Kier molecular flexibility index (Phi) is 8.21. The Balaban J connectivity index is 1.41. The van der Waals surface area contributed by atoms with E-state index in [0.29, 0.717) is 30.2 Å². The predicted molar refractivity (Wildman–Crippen MR) is 157 cm³/mol. The van der Waals surface area contributed by atoms with Gasteiger partial charge in [0.05, 0.1) is 11.6 Å². The van der Waals surface area contributed by atoms with Gasteiger partial charge in [-0.25, -0.2) is 19.2 Å². The lowest BCUT2D eigenvalue weighted by molar-refractivity contribution is -0.136. The third-order valence-corrected chi connectivity index (χ3v) is 8.73. The third kappa shape index (κ3) is 6.01. The maximum atomic E-state index is 14.6. The highest BCUT2D eigenvalue weighted by Gasteiger charge is 2.47. The van der Waals surface area contributed by atoms with Gasteiger partial charge in [0.15, 0.2) is 0 Å². The number of hydrogen-bond acceptors (Lipinski definition) is 6. The lowest BCUT2D eigenvalue weighted by Gasteiger charge is -2.44. The quantitative estimate of drug-likeness (QED) is 0.398. The smallest absolute Gasteiger partial charge is 0.410 e. The lowest BCUT2D eigenvalue weighted by atomic mass is 9.95. The van der Waals surface area contributed by atoms with Crippen LogP contribution in [0.15, 0.2) is 30.6 Å². The van der Waals surface area contributed by atoms with Gasteiger partial charge in [-0.15, -0.1) is 0 Å². The van der Waals surface area contributed by atoms with Crippen LogP contribution in [-0.4, -0.2) is 75.1 Å². The van der Waals surface area contributed by atoms with Crippen molar-refractivity contribution in [1.29, 1.82) is 0 Å². The van der Waals surface area contributed by atoms with E-state index in [1.807, 2.05) is 58.6 Å². The topological polar surface area (TPSA) is 78.9 Å². The molecule has 2 aromatic rings. The number of amides is 2. The molecule has 2 bridgehead atoms. The Morgan fingerprint density at radius 3 is 2.34 bits per heavy atom. The summed E-state index contributed by atoms with van der Waals surface area (Å²) < 4.78 is 20.3. The van der Waals surface area contributed by atoms with Crippen LogP contribution in [0.25, 0.3) is 0 Å². The monoisotopic (exact) mass is 585 g/mol. The number of benzene rings is 1. The molecule has 1 aromatic carbocycles. The number of halogens is 2. The predicted octanol–water partition coefficient (Wildman–Crippen LogP) is 6.26. The highest BCUT2D eigenvalue weighted by atomic mass is 35.5. The summed E-state index contributed by atoms with van der Waals surface area (Å²) in [6.45, 7) is 12.9. The Morgan fingerprint density at radius 2 is 1.76 bits per heavy atom. The minimum Gasteiger partial charge on any atom is -0.444 e. The largest absolute Gasteiger partial charge is 0.444 e. The van der Waals surface area contributed by atoms with Crippen LogP contribution in [0, 0.1) is 0 Å². The zero-order valence-corrected chi connectivity index (χ0v) is 25.6. The standard InChI is InChI=1S/C31H41ClFN5O3/c1-18(2)37(30(40)41-31(4,5)6)16-24(20-7-9-21(32)10-8-20)29(39)38-22-11-12-23(38)15-36(14-22)28-26-19(3)13-25(33)27(26)34-17-35-28/h7-10,17-19,22-25H,11-16H2,1-6H3/t19-,22?,23?,24-,25-/m1/s1. The van der Waals surface area contributed by atoms with Crippen molar-refractivity contribution in [2.24, 2.45) is 0 Å². The summed E-state index contributed by atoms with van der Waals surface area (Å²) in [7, 11) is 0. The fourth-order valence-electron chi connectivity index (χ4n) is 6.56. The molecule has 5 atom stereocenters. The van der Waals surface area contributed by atoms with Crippen molar-refractivity contribution in [3.8, 4) is 0 Å². The van der Waals surface area contributed by atoms with Crippen molar-refractivity contribution in [3.05, 3.63) is 52.4 Å². The molecule has 8 nitrogen and oxygen atoms in total. The molecule has 0 spiro atoms. The van der Waals surface area contributed by atoms with Crippen LogP contribution in [0.3, 0.4) is 0 Å². The van der Waals surface area contributed by atoms with Crippen molar-refractivity contribution in [2.75, 3.05) is 24.5 Å². The van der Waals surface area contributed by atoms with Gasteiger partial charge in [0.25, 0.3) is 0 Å². The number of carbonyl (C=O) groups is 2. The fraction of sp³-hybridized carbons (Fsp3) is 0.613. The van der Waals surface area contributed by atoms with Crippen molar-refractivity contribution >= 4 is 29.4 Å². The summed E-state index contributed by atoms with van der Waals surface area (Å²) >= 11 is 6.19. The van der Waals surface area contributed by atoms with Crippen molar-refractivity contribution in [1.82, 2.24) is 19.8 Å². The molecule has 2 fully saturated rings. The molecule has 2 saturated heterocycles. The van der Waals surface area contributed by atoms with Gasteiger partial charge in [-0.3, -0.25) is 4.79 Å². The molecular weight excluding hydrogens is 545 g/mol. The first kappa shape index (κ1) is 29.5. The van der Waals surface area contributed by atoms with E-state index in [-0.39, 0.29) is 36.5 Å². The van der Waals surface area contributed by atoms with Crippen LogP contribution < -0.4 is 4.90 Å². The molecule has 0 saturated carbocycles. The van der Waals surface area contributed by atoms with Gasteiger partial charge in [0.1, 0.15) is 23.9 Å². The molecule has 1 aliphatic carbocycles. The summed E-state index contributed by atoms with van der Waals surface area (Å²) in [5, 5.41) is 0.587. The SMILES string of the molecule is CC(C)N(C[C@@H](C(=O)N1C2CCC1CN(c1ncnc3c1[C@H](C)C[C@H]3F)C2)c1ccc(Cl)cc1)C(=O)OC(C)(C)C. The second-order valence-electron chi connectivity index (χ2n) is 13.0. The Labute approximate surface area is 247 Å². The number of anilines is 1. The van der Waals surface area contributed by atoms with Crippen LogP contribution in [-0.2, 0) is 9.53 Å². The second kappa shape index (κ2) is 11.4. The average molecular weight is 586 g/mol. The number of carbonyl (C=O) groups excluding carboxylic acids is 2. The molecule has 1 aromatic heterocycles. The Hall–Kier alpha value is -2.94. The number of fused-ring (bicyclic) bond motifs is 3. The normalized spacial score (nSPS) is 24.4. The highest BCUT2D eigenvalue weighted by Crippen LogP contribution is 2.46. The maximum absolute atomic E-state index is 14.6. The molecule has 0 N–H and O–H groups in total.